The van der Waals surface area contributed by atoms with Gasteiger partial charge in [0, 0.05) is 37.3 Å². The van der Waals surface area contributed by atoms with Gasteiger partial charge >= 0.3 is 0 Å². The van der Waals surface area contributed by atoms with Gasteiger partial charge in [-0.05, 0) is 25.5 Å². The molecule has 2 unspecified atom stereocenters. The van der Waals surface area contributed by atoms with Crippen molar-refractivity contribution in [3.05, 3.63) is 73.2 Å². The molecule has 0 fully saturated rings. The number of nitrogens with zero attached hydrogens (tertiary/aromatic N) is 2. The zero-order valence-electron chi connectivity index (χ0n) is 19.7. The molecule has 0 saturated heterocycles. The predicted octanol–water partition coefficient (Wildman–Crippen LogP) is 5.23. The minimum atomic E-state index is -1.86. The number of aromatic nitrogens is 2. The molecule has 31 heavy (non-hydrogen) atoms. The van der Waals surface area contributed by atoms with Crippen LogP contribution in [-0.2, 0) is 15.9 Å². The molecule has 2 rings (SSSR count). The van der Waals surface area contributed by atoms with Gasteiger partial charge in [-0.2, -0.15) is 0 Å². The average Bonchev–Trinajstić information content (AvgIpc) is 3.24. The topological polar surface area (TPSA) is 86.5 Å². The van der Waals surface area contributed by atoms with Crippen LogP contribution in [0.15, 0.2) is 73.2 Å². The van der Waals surface area contributed by atoms with Crippen LogP contribution in [0.25, 0.3) is 5.65 Å². The Morgan fingerprint density at radius 1 is 1.29 bits per heavy atom. The van der Waals surface area contributed by atoms with Crippen molar-refractivity contribution in [2.75, 3.05) is 6.54 Å². The molecule has 0 spiro atoms. The van der Waals surface area contributed by atoms with Crippen molar-refractivity contribution in [2.45, 2.75) is 59.6 Å². The highest BCUT2D eigenvalue weighted by Gasteiger charge is 1.97. The second kappa shape index (κ2) is 20.8. The fraction of sp³-hybridized carbons (Fsp3) is 0.417. The van der Waals surface area contributed by atoms with Crippen molar-refractivity contribution in [2.24, 2.45) is 0 Å². The molecule has 2 atom stereocenters. The summed E-state index contributed by atoms with van der Waals surface area (Å²) in [6.07, 6.45) is 14.8. The number of fused-ring (bicyclic) bond motifs is 1. The first-order valence-electron chi connectivity index (χ1n) is 10.5. The van der Waals surface area contributed by atoms with E-state index < -0.39 is 11.1 Å². The number of rotatable bonds is 7. The lowest BCUT2D eigenvalue weighted by Crippen LogP contribution is -2.21. The highest BCUT2D eigenvalue weighted by molar-refractivity contribution is 7.79. The van der Waals surface area contributed by atoms with Crippen molar-refractivity contribution in [1.82, 2.24) is 14.7 Å². The number of hydrogen-bond acceptors (Lipinski definition) is 4. The predicted molar refractivity (Wildman–Crippen MR) is 132 cm³/mol. The average molecular weight is 449 g/mol. The summed E-state index contributed by atoms with van der Waals surface area (Å²) < 4.78 is 22.2. The van der Waals surface area contributed by atoms with Gasteiger partial charge in [0.1, 0.15) is 5.65 Å². The van der Waals surface area contributed by atoms with Crippen molar-refractivity contribution < 1.29 is 13.6 Å². The summed E-state index contributed by atoms with van der Waals surface area (Å²) >= 11 is -1.86. The van der Waals surface area contributed by atoms with Crippen LogP contribution in [0.4, 0.5) is 0 Å². The van der Waals surface area contributed by atoms with Gasteiger partial charge in [0.15, 0.2) is 0 Å². The highest BCUT2D eigenvalue weighted by atomic mass is 32.2. The summed E-state index contributed by atoms with van der Waals surface area (Å²) in [5.41, 5.74) is 2.11. The number of nitrogens with one attached hydrogen (secondary N) is 1. The maximum atomic E-state index is 10.5. The third kappa shape index (κ3) is 18.0. The van der Waals surface area contributed by atoms with Crippen LogP contribution in [0.5, 0.6) is 0 Å². The summed E-state index contributed by atoms with van der Waals surface area (Å²) in [4.78, 5) is 14.6. The minimum absolute atomic E-state index is 0.00421. The molecule has 0 saturated carbocycles. The molecule has 0 aliphatic rings. The Hall–Kier alpha value is -2.51. The van der Waals surface area contributed by atoms with Crippen LogP contribution >= 0.6 is 0 Å². The van der Waals surface area contributed by atoms with Crippen molar-refractivity contribution >= 4 is 22.6 Å². The normalized spacial score (nSPS) is 12.3. The monoisotopic (exact) mass is 448 g/mol. The first-order chi connectivity index (χ1) is 14.8. The van der Waals surface area contributed by atoms with Gasteiger partial charge in [-0.15, -0.1) is 0 Å². The van der Waals surface area contributed by atoms with Crippen molar-refractivity contribution in [3.8, 4) is 0 Å². The number of hydrogen-bond donors (Lipinski definition) is 1. The Morgan fingerprint density at radius 3 is 2.45 bits per heavy atom. The maximum Gasteiger partial charge on any atom is 0.217 e. The fourth-order valence-electron chi connectivity index (χ4n) is 1.99. The Bertz CT molecular complexity index is 783. The molecule has 0 aliphatic carbocycles. The first kappa shape index (κ1) is 30.7. The standard InChI is InChI=1S/C10H15NO.C7H6N2.C5H12O2S.C2H6/c1-4-5-6-7-9(2)8-11-10(3)12;1-2-5-9-6-4-8-7(9)3-1;1-3-4-5(2)8(6)7;1-2/h4-7H,1,8H2,2-3H3,(H,11,12);1-6H;5H,3-4H2,1-2H3,(H,6,7);1-2H3/p-1/b6-5-,9-7+;;;. The van der Waals surface area contributed by atoms with Gasteiger partial charge in [0.25, 0.3) is 0 Å². The smallest absolute Gasteiger partial charge is 0.217 e. The van der Waals surface area contributed by atoms with Gasteiger partial charge in [0.05, 0.1) is 0 Å². The molecule has 0 radical (unpaired) electrons. The molecule has 2 aromatic heterocycles. The molecular formula is C24H38N3O3S-. The summed E-state index contributed by atoms with van der Waals surface area (Å²) in [6.45, 7) is 15.3. The van der Waals surface area contributed by atoms with E-state index in [9.17, 15) is 13.6 Å². The molecule has 7 heteroatoms. The Kier molecular flexibility index (Phi) is 20.5. The number of pyridine rings is 1. The van der Waals surface area contributed by atoms with Crippen molar-refractivity contribution in [3.63, 3.8) is 0 Å². The number of carbonyl (C=O) groups excluding carboxylic acids is 1. The molecule has 1 N–H and O–H groups in total. The molecule has 2 heterocycles. The third-order valence-electron chi connectivity index (χ3n) is 3.57. The minimum Gasteiger partial charge on any atom is -0.772 e. The van der Waals surface area contributed by atoms with Gasteiger partial charge in [-0.1, -0.05) is 87.7 Å². The first-order valence-corrected chi connectivity index (χ1v) is 11.6. The molecule has 0 bridgehead atoms. The second-order valence-electron chi connectivity index (χ2n) is 6.30. The van der Waals surface area contributed by atoms with E-state index in [0.717, 1.165) is 24.1 Å². The highest BCUT2D eigenvalue weighted by Crippen LogP contribution is 2.00. The van der Waals surface area contributed by atoms with Crippen LogP contribution in [-0.4, -0.2) is 35.8 Å². The lowest BCUT2D eigenvalue weighted by Gasteiger charge is -2.11. The number of allylic oxidation sites excluding steroid dienone is 4. The lowest BCUT2D eigenvalue weighted by atomic mass is 10.2. The third-order valence-corrected chi connectivity index (χ3v) is 4.46. The van der Waals surface area contributed by atoms with Gasteiger partial charge in [0.2, 0.25) is 5.91 Å². The molecule has 1 amide bonds. The van der Waals surface area contributed by atoms with E-state index in [2.05, 4.69) is 16.9 Å². The van der Waals surface area contributed by atoms with Gasteiger partial charge in [-0.25, -0.2) is 4.98 Å². The van der Waals surface area contributed by atoms with E-state index in [0.29, 0.717) is 6.54 Å². The second-order valence-corrected chi connectivity index (χ2v) is 7.62. The van der Waals surface area contributed by atoms with Crippen molar-refractivity contribution in [1.29, 1.82) is 0 Å². The zero-order valence-corrected chi connectivity index (χ0v) is 20.5. The number of amides is 1. The molecule has 2 aromatic rings. The Morgan fingerprint density at radius 2 is 1.97 bits per heavy atom. The van der Waals surface area contributed by atoms with Crippen LogP contribution < -0.4 is 5.32 Å². The molecular weight excluding hydrogens is 410 g/mol. The summed E-state index contributed by atoms with van der Waals surface area (Å²) in [5.74, 6) is -0.00421. The summed E-state index contributed by atoms with van der Waals surface area (Å²) in [7, 11) is 0. The zero-order chi connectivity index (χ0) is 24.1. The summed E-state index contributed by atoms with van der Waals surface area (Å²) in [6, 6.07) is 5.93. The van der Waals surface area contributed by atoms with Crippen LogP contribution in [0.1, 0.15) is 54.4 Å². The maximum absolute atomic E-state index is 10.5. The van der Waals surface area contributed by atoms with E-state index in [-0.39, 0.29) is 11.2 Å². The van der Waals surface area contributed by atoms with E-state index in [4.69, 9.17) is 0 Å². The Balaban J connectivity index is 0. The van der Waals surface area contributed by atoms with Crippen LogP contribution in [0.2, 0.25) is 0 Å². The largest absolute Gasteiger partial charge is 0.772 e. The number of carbonyl (C=O) groups is 1. The van der Waals surface area contributed by atoms with E-state index in [1.807, 2.05) is 80.9 Å². The number of imidazole rings is 1. The van der Waals surface area contributed by atoms with Gasteiger partial charge < -0.3 is 14.3 Å². The molecule has 0 aliphatic heterocycles. The fourth-order valence-corrected chi connectivity index (χ4v) is 2.42. The molecule has 174 valence electrons. The molecule has 0 aromatic carbocycles. The van der Waals surface area contributed by atoms with Crippen LogP contribution in [0.3, 0.4) is 0 Å². The van der Waals surface area contributed by atoms with Gasteiger partial charge in [-0.3, -0.25) is 9.00 Å². The van der Waals surface area contributed by atoms with Crippen LogP contribution in [0, 0.1) is 0 Å². The van der Waals surface area contributed by atoms with E-state index in [1.54, 1.807) is 19.2 Å². The van der Waals surface area contributed by atoms with E-state index in [1.165, 1.54) is 6.92 Å². The summed E-state index contributed by atoms with van der Waals surface area (Å²) in [5, 5.41) is 2.54. The molecule has 6 nitrogen and oxygen atoms in total. The quantitative estimate of drug-likeness (QED) is 0.464. The lowest BCUT2D eigenvalue weighted by molar-refractivity contribution is -0.118. The SMILES string of the molecule is C=C/C=C\C=C(/C)CNC(C)=O.CC.CCCC(C)S(=O)[O-].c1ccn2ccnc2c1. The Labute approximate surface area is 190 Å². The van der Waals surface area contributed by atoms with E-state index >= 15 is 0 Å².